The quantitative estimate of drug-likeness (QED) is 0.775. The summed E-state index contributed by atoms with van der Waals surface area (Å²) in [5, 5.41) is 7.25. The fourth-order valence-electron chi connectivity index (χ4n) is 1.29. The maximum Gasteiger partial charge on any atom is 0.434 e. The summed E-state index contributed by atoms with van der Waals surface area (Å²) in [5.41, 5.74) is -1.41. The second-order valence-electron chi connectivity index (χ2n) is 3.51. The highest BCUT2D eigenvalue weighted by Crippen LogP contribution is 2.32. The molecule has 5 nitrogen and oxygen atoms in total. The molecule has 0 atom stereocenters. The number of hydrogen-bond donors (Lipinski definition) is 2. The van der Waals surface area contributed by atoms with E-state index in [4.69, 9.17) is 4.74 Å². The molecular formula is C10H14F3N3O2. The maximum atomic E-state index is 12.4. The van der Waals surface area contributed by atoms with Crippen LogP contribution in [0.15, 0.2) is 6.20 Å². The van der Waals surface area contributed by atoms with Crippen LogP contribution in [-0.2, 0) is 15.7 Å². The van der Waals surface area contributed by atoms with E-state index >= 15 is 0 Å². The molecular weight excluding hydrogens is 251 g/mol. The van der Waals surface area contributed by atoms with E-state index in [1.165, 1.54) is 0 Å². The largest absolute Gasteiger partial charge is 0.434 e. The molecule has 0 aliphatic heterocycles. The Kier molecular flexibility index (Phi) is 5.14. The number of H-pyrrole nitrogens is 1. The van der Waals surface area contributed by atoms with Crippen LogP contribution in [0.1, 0.15) is 25.5 Å². The van der Waals surface area contributed by atoms with Crippen LogP contribution in [0.2, 0.25) is 0 Å². The third-order valence-corrected chi connectivity index (χ3v) is 2.09. The predicted octanol–water partition coefficient (Wildman–Crippen LogP) is 2.18. The average Bonchev–Trinajstić information content (AvgIpc) is 2.72. The lowest BCUT2D eigenvalue weighted by molar-refractivity contribution is -0.140. The van der Waals surface area contributed by atoms with Crippen molar-refractivity contribution < 1.29 is 22.7 Å². The van der Waals surface area contributed by atoms with Crippen molar-refractivity contribution in [3.63, 3.8) is 0 Å². The summed E-state index contributed by atoms with van der Waals surface area (Å²) in [4.78, 5) is 11.4. The molecule has 0 spiro atoms. The van der Waals surface area contributed by atoms with E-state index in [9.17, 15) is 18.0 Å². The summed E-state index contributed by atoms with van der Waals surface area (Å²) in [5.74, 6) is -0.499. The van der Waals surface area contributed by atoms with Gasteiger partial charge in [-0.25, -0.2) is 0 Å². The highest BCUT2D eigenvalue weighted by atomic mass is 19.4. The summed E-state index contributed by atoms with van der Waals surface area (Å²) < 4.78 is 42.3. The Hall–Kier alpha value is -1.57. The van der Waals surface area contributed by atoms with Crippen LogP contribution >= 0.6 is 0 Å². The molecule has 1 amide bonds. The molecule has 0 saturated carbocycles. The summed E-state index contributed by atoms with van der Waals surface area (Å²) in [6.45, 7) is 2.77. The number of ether oxygens (including phenoxy) is 1. The zero-order chi connectivity index (χ0) is 13.6. The number of amides is 1. The lowest BCUT2D eigenvalue weighted by atomic mass is 10.3. The topological polar surface area (TPSA) is 67.0 Å². The minimum Gasteiger partial charge on any atom is -0.382 e. The molecule has 0 aliphatic rings. The van der Waals surface area contributed by atoms with Crippen LogP contribution in [-0.4, -0.2) is 29.3 Å². The molecule has 0 aromatic carbocycles. The zero-order valence-corrected chi connectivity index (χ0v) is 9.80. The summed E-state index contributed by atoms with van der Waals surface area (Å²) in [6.07, 6.45) is -3.07. The zero-order valence-electron chi connectivity index (χ0n) is 9.80. The number of nitrogens with one attached hydrogen (secondary N) is 2. The van der Waals surface area contributed by atoms with Crippen LogP contribution < -0.4 is 5.32 Å². The predicted molar refractivity (Wildman–Crippen MR) is 57.9 cm³/mol. The number of hydrogen-bond acceptors (Lipinski definition) is 3. The van der Waals surface area contributed by atoms with Crippen LogP contribution in [0.5, 0.6) is 0 Å². The molecule has 0 unspecified atom stereocenters. The van der Waals surface area contributed by atoms with Crippen LogP contribution in [0.4, 0.5) is 18.9 Å². The van der Waals surface area contributed by atoms with E-state index in [0.717, 1.165) is 6.20 Å². The number of nitrogens with zero attached hydrogens (tertiary/aromatic N) is 1. The van der Waals surface area contributed by atoms with Gasteiger partial charge in [-0.15, -0.1) is 0 Å². The molecule has 2 N–H and O–H groups in total. The highest BCUT2D eigenvalue weighted by Gasteiger charge is 2.36. The monoisotopic (exact) mass is 265 g/mol. The van der Waals surface area contributed by atoms with E-state index in [-0.39, 0.29) is 12.1 Å². The van der Waals surface area contributed by atoms with Gasteiger partial charge in [0.2, 0.25) is 5.91 Å². The minimum absolute atomic E-state index is 0.0997. The first-order valence-electron chi connectivity index (χ1n) is 5.43. The fraction of sp³-hybridized carbons (Fsp3) is 0.600. The van der Waals surface area contributed by atoms with Gasteiger partial charge in [0.15, 0.2) is 5.69 Å². The summed E-state index contributed by atoms with van der Waals surface area (Å²) in [6, 6.07) is 0. The molecule has 0 saturated heterocycles. The molecule has 0 bridgehead atoms. The Morgan fingerprint density at radius 2 is 2.28 bits per heavy atom. The number of carbonyl (C=O) groups is 1. The Bertz CT molecular complexity index is 390. The van der Waals surface area contributed by atoms with Crippen LogP contribution in [0, 0.1) is 0 Å². The van der Waals surface area contributed by atoms with Crippen LogP contribution in [0.25, 0.3) is 0 Å². The van der Waals surface area contributed by atoms with E-state index < -0.39 is 17.8 Å². The molecule has 8 heteroatoms. The molecule has 1 aromatic heterocycles. The number of anilines is 1. The fourth-order valence-corrected chi connectivity index (χ4v) is 1.29. The molecule has 0 fully saturated rings. The van der Waals surface area contributed by atoms with E-state index in [1.807, 2.05) is 12.0 Å². The molecule has 0 radical (unpaired) electrons. The third kappa shape index (κ3) is 4.36. The Balaban J connectivity index is 2.47. The van der Waals surface area contributed by atoms with E-state index in [2.05, 4.69) is 10.4 Å². The van der Waals surface area contributed by atoms with Crippen molar-refractivity contribution in [2.75, 3.05) is 18.5 Å². The van der Waals surface area contributed by atoms with Crippen molar-refractivity contribution in [2.45, 2.75) is 25.9 Å². The lowest BCUT2D eigenvalue weighted by Gasteiger charge is -2.08. The second-order valence-corrected chi connectivity index (χ2v) is 3.51. The second kappa shape index (κ2) is 6.39. The number of alkyl halides is 3. The molecule has 102 valence electrons. The number of halogens is 3. The first kappa shape index (κ1) is 14.5. The molecule has 1 rings (SSSR count). The normalized spacial score (nSPS) is 11.6. The van der Waals surface area contributed by atoms with Gasteiger partial charge in [-0.2, -0.15) is 18.3 Å². The smallest absolute Gasteiger partial charge is 0.382 e. The maximum absolute atomic E-state index is 12.4. The molecule has 1 aromatic rings. The Labute approximate surface area is 102 Å². The first-order valence-corrected chi connectivity index (χ1v) is 5.43. The first-order chi connectivity index (χ1) is 8.45. The minimum atomic E-state index is -4.57. The van der Waals surface area contributed by atoms with Gasteiger partial charge in [-0.3, -0.25) is 9.89 Å². The van der Waals surface area contributed by atoms with Crippen molar-refractivity contribution >= 4 is 11.6 Å². The van der Waals surface area contributed by atoms with Crippen LogP contribution in [0.3, 0.4) is 0 Å². The average molecular weight is 265 g/mol. The molecule has 18 heavy (non-hydrogen) atoms. The Morgan fingerprint density at radius 1 is 1.56 bits per heavy atom. The Morgan fingerprint density at radius 3 is 2.89 bits per heavy atom. The number of aromatic amines is 1. The van der Waals surface area contributed by atoms with Gasteiger partial charge in [-0.1, -0.05) is 0 Å². The standard InChI is InChI=1S/C10H14F3N3O2/c1-2-18-5-3-4-8(17)15-7-6-14-16-9(7)10(11,12)13/h6H,2-5H2,1H3,(H,14,16)(H,15,17). The molecule has 0 aliphatic carbocycles. The van der Waals surface area contributed by atoms with E-state index in [1.54, 1.807) is 0 Å². The van der Waals surface area contributed by atoms with Crippen molar-refractivity contribution in [3.8, 4) is 0 Å². The van der Waals surface area contributed by atoms with Gasteiger partial charge < -0.3 is 10.1 Å². The van der Waals surface area contributed by atoms with Gasteiger partial charge in [0.1, 0.15) is 0 Å². The van der Waals surface area contributed by atoms with Gasteiger partial charge in [0, 0.05) is 19.6 Å². The highest BCUT2D eigenvalue weighted by molar-refractivity contribution is 5.91. The van der Waals surface area contributed by atoms with Gasteiger partial charge in [0.05, 0.1) is 11.9 Å². The summed E-state index contributed by atoms with van der Waals surface area (Å²) >= 11 is 0. The number of carbonyl (C=O) groups excluding carboxylic acids is 1. The van der Waals surface area contributed by atoms with Crippen molar-refractivity contribution in [2.24, 2.45) is 0 Å². The SMILES string of the molecule is CCOCCCC(=O)Nc1cn[nH]c1C(F)(F)F. The molecule has 1 heterocycles. The number of aromatic nitrogens is 2. The summed E-state index contributed by atoms with van der Waals surface area (Å²) in [7, 11) is 0. The van der Waals surface area contributed by atoms with E-state index in [0.29, 0.717) is 19.6 Å². The van der Waals surface area contributed by atoms with Crippen molar-refractivity contribution in [3.05, 3.63) is 11.9 Å². The van der Waals surface area contributed by atoms with Gasteiger partial charge >= 0.3 is 6.18 Å². The van der Waals surface area contributed by atoms with Crippen molar-refractivity contribution in [1.29, 1.82) is 0 Å². The van der Waals surface area contributed by atoms with Gasteiger partial charge in [-0.05, 0) is 13.3 Å². The van der Waals surface area contributed by atoms with Crippen molar-refractivity contribution in [1.82, 2.24) is 10.2 Å². The lowest BCUT2D eigenvalue weighted by Crippen LogP contribution is -2.16. The van der Waals surface area contributed by atoms with Gasteiger partial charge in [0.25, 0.3) is 0 Å². The number of rotatable bonds is 6. The third-order valence-electron chi connectivity index (χ3n) is 2.09.